The number of carbonyl (C=O) groups is 3. The normalized spacial score (nSPS) is 12.7. The Morgan fingerprint density at radius 3 is 1.79 bits per heavy atom. The van der Waals surface area contributed by atoms with Crippen molar-refractivity contribution in [2.24, 2.45) is 0 Å². The Morgan fingerprint density at radius 1 is 0.763 bits per heavy atom. The molecule has 2 aromatic carbocycles. The van der Waals surface area contributed by atoms with Gasteiger partial charge in [0.1, 0.15) is 31.7 Å². The quantitative estimate of drug-likeness (QED) is 0.184. The van der Waals surface area contributed by atoms with Gasteiger partial charge >= 0.3 is 17.9 Å². The molecule has 0 amide bonds. The number of esters is 3. The summed E-state index contributed by atoms with van der Waals surface area (Å²) in [5.74, 6) is -1.40. The van der Waals surface area contributed by atoms with E-state index in [9.17, 15) is 22.8 Å². The Labute approximate surface area is 234 Å². The SMILES string of the molecule is CC(=O)OC[C@H](COc1ccc(S(=O)(=O)c2cc(Cl)c(OC[C@H](CCl)OC(C)=O)c(Cl)c2)cc1)OC(C)=O. The van der Waals surface area contributed by atoms with Gasteiger partial charge in [0.2, 0.25) is 9.84 Å². The van der Waals surface area contributed by atoms with Gasteiger partial charge in [-0.3, -0.25) is 14.4 Å². The van der Waals surface area contributed by atoms with Gasteiger partial charge in [-0.25, -0.2) is 8.42 Å². The molecular formula is C24H25Cl3O10S. The van der Waals surface area contributed by atoms with Crippen molar-refractivity contribution in [1.29, 1.82) is 0 Å². The Balaban J connectivity index is 2.14. The molecule has 0 N–H and O–H groups in total. The standard InChI is InChI=1S/C24H25Cl3O10S/c1-14(28)33-12-19(37-16(3)30)13-34-17-4-6-20(7-5-17)38(31,32)21-8-22(26)24(23(27)9-21)35-11-18(10-25)36-15(2)29/h4-9,18-19H,10-13H2,1-3H3/t18-,19+/m0/s1. The highest BCUT2D eigenvalue weighted by Gasteiger charge is 2.23. The maximum Gasteiger partial charge on any atom is 0.303 e. The Kier molecular flexibility index (Phi) is 12.0. The van der Waals surface area contributed by atoms with Crippen molar-refractivity contribution < 1.29 is 46.5 Å². The van der Waals surface area contributed by atoms with Crippen LogP contribution in [0.5, 0.6) is 11.5 Å². The van der Waals surface area contributed by atoms with Crippen molar-refractivity contribution in [3.63, 3.8) is 0 Å². The molecule has 0 aliphatic carbocycles. The molecule has 38 heavy (non-hydrogen) atoms. The van der Waals surface area contributed by atoms with E-state index in [4.69, 9.17) is 58.5 Å². The van der Waals surface area contributed by atoms with E-state index in [1.54, 1.807) is 0 Å². The lowest BCUT2D eigenvalue weighted by Crippen LogP contribution is -2.29. The van der Waals surface area contributed by atoms with E-state index >= 15 is 0 Å². The van der Waals surface area contributed by atoms with Crippen molar-refractivity contribution in [2.45, 2.75) is 42.8 Å². The third-order valence-corrected chi connectivity index (χ3v) is 7.23. The van der Waals surface area contributed by atoms with Crippen LogP contribution in [-0.4, -0.2) is 64.2 Å². The van der Waals surface area contributed by atoms with Crippen LogP contribution >= 0.6 is 34.8 Å². The highest BCUT2D eigenvalue weighted by atomic mass is 35.5. The van der Waals surface area contributed by atoms with Gasteiger partial charge in [0.15, 0.2) is 11.9 Å². The summed E-state index contributed by atoms with van der Waals surface area (Å²) in [4.78, 5) is 33.1. The van der Waals surface area contributed by atoms with Crippen molar-refractivity contribution in [1.82, 2.24) is 0 Å². The average molecular weight is 612 g/mol. The van der Waals surface area contributed by atoms with Gasteiger partial charge in [0, 0.05) is 20.8 Å². The van der Waals surface area contributed by atoms with Crippen LogP contribution in [0.15, 0.2) is 46.2 Å². The first kappa shape index (κ1) is 31.5. The second kappa shape index (κ2) is 14.4. The van der Waals surface area contributed by atoms with E-state index in [2.05, 4.69) is 0 Å². The summed E-state index contributed by atoms with van der Waals surface area (Å²) in [6.45, 7) is 3.18. The maximum absolute atomic E-state index is 13.2. The van der Waals surface area contributed by atoms with Gasteiger partial charge in [-0.15, -0.1) is 11.6 Å². The van der Waals surface area contributed by atoms with E-state index in [0.29, 0.717) is 0 Å². The number of rotatable bonds is 13. The Bertz CT molecular complexity index is 1230. The molecule has 0 radical (unpaired) electrons. The van der Waals surface area contributed by atoms with Crippen molar-refractivity contribution in [3.8, 4) is 11.5 Å². The summed E-state index contributed by atoms with van der Waals surface area (Å²) >= 11 is 18.2. The summed E-state index contributed by atoms with van der Waals surface area (Å²) in [6.07, 6.45) is -1.60. The number of ether oxygens (including phenoxy) is 5. The largest absolute Gasteiger partial charge is 0.490 e. The fraction of sp³-hybridized carbons (Fsp3) is 0.375. The van der Waals surface area contributed by atoms with E-state index in [-0.39, 0.29) is 57.0 Å². The van der Waals surface area contributed by atoms with E-state index in [0.717, 1.165) is 0 Å². The molecule has 0 saturated carbocycles. The molecule has 10 nitrogen and oxygen atoms in total. The molecule has 0 unspecified atom stereocenters. The second-order valence-electron chi connectivity index (χ2n) is 7.73. The lowest BCUT2D eigenvalue weighted by molar-refractivity contribution is -0.158. The first-order chi connectivity index (χ1) is 17.8. The average Bonchev–Trinajstić information content (AvgIpc) is 2.83. The second-order valence-corrected chi connectivity index (χ2v) is 10.8. The molecule has 14 heteroatoms. The topological polar surface area (TPSA) is 132 Å². The minimum atomic E-state index is -4.03. The highest BCUT2D eigenvalue weighted by molar-refractivity contribution is 7.91. The minimum Gasteiger partial charge on any atom is -0.490 e. The summed E-state index contributed by atoms with van der Waals surface area (Å²) < 4.78 is 52.2. The molecule has 208 valence electrons. The van der Waals surface area contributed by atoms with Gasteiger partial charge in [0.25, 0.3) is 0 Å². The number of alkyl halides is 1. The number of carbonyl (C=O) groups excluding carboxylic acids is 3. The van der Waals surface area contributed by atoms with Crippen molar-refractivity contribution >= 4 is 62.5 Å². The molecule has 0 aliphatic rings. The van der Waals surface area contributed by atoms with Crippen LogP contribution in [0.3, 0.4) is 0 Å². The monoisotopic (exact) mass is 610 g/mol. The fourth-order valence-electron chi connectivity index (χ4n) is 2.95. The molecule has 0 aromatic heterocycles. The predicted molar refractivity (Wildman–Crippen MR) is 138 cm³/mol. The third-order valence-electron chi connectivity index (χ3n) is 4.58. The molecule has 2 atom stereocenters. The van der Waals surface area contributed by atoms with Crippen LogP contribution in [0.2, 0.25) is 10.0 Å². The van der Waals surface area contributed by atoms with Crippen molar-refractivity contribution in [2.75, 3.05) is 25.7 Å². The summed E-state index contributed by atoms with van der Waals surface area (Å²) in [5.41, 5.74) is 0. The number of hydrogen-bond acceptors (Lipinski definition) is 10. The van der Waals surface area contributed by atoms with Crippen LogP contribution in [0, 0.1) is 0 Å². The van der Waals surface area contributed by atoms with Gasteiger partial charge in [-0.2, -0.15) is 0 Å². The number of hydrogen-bond donors (Lipinski definition) is 0. The Morgan fingerprint density at radius 2 is 1.29 bits per heavy atom. The summed E-state index contributed by atoms with van der Waals surface area (Å²) in [6, 6.07) is 7.81. The Hall–Kier alpha value is -2.73. The lowest BCUT2D eigenvalue weighted by Gasteiger charge is -2.18. The number of benzene rings is 2. The van der Waals surface area contributed by atoms with Gasteiger partial charge < -0.3 is 23.7 Å². The molecule has 2 aromatic rings. The number of halogens is 3. The smallest absolute Gasteiger partial charge is 0.303 e. The van der Waals surface area contributed by atoms with Crippen LogP contribution in [0.4, 0.5) is 0 Å². The third kappa shape index (κ3) is 9.54. The van der Waals surface area contributed by atoms with Crippen molar-refractivity contribution in [3.05, 3.63) is 46.4 Å². The molecule has 0 fully saturated rings. The molecule has 0 aliphatic heterocycles. The summed E-state index contributed by atoms with van der Waals surface area (Å²) in [7, 11) is -4.03. The van der Waals surface area contributed by atoms with E-state index in [1.165, 1.54) is 57.2 Å². The van der Waals surface area contributed by atoms with Gasteiger partial charge in [-0.1, -0.05) is 23.2 Å². The van der Waals surface area contributed by atoms with Crippen LogP contribution in [0.1, 0.15) is 20.8 Å². The zero-order chi connectivity index (χ0) is 28.5. The maximum atomic E-state index is 13.2. The highest BCUT2D eigenvalue weighted by Crippen LogP contribution is 2.37. The van der Waals surface area contributed by atoms with Gasteiger partial charge in [0.05, 0.1) is 25.7 Å². The first-order valence-electron chi connectivity index (χ1n) is 11.0. The van der Waals surface area contributed by atoms with Gasteiger partial charge in [-0.05, 0) is 36.4 Å². The zero-order valence-electron chi connectivity index (χ0n) is 20.6. The molecule has 0 heterocycles. The predicted octanol–water partition coefficient (Wildman–Crippen LogP) is 4.25. The van der Waals surface area contributed by atoms with Crippen LogP contribution < -0.4 is 9.47 Å². The molecule has 2 rings (SSSR count). The fourth-order valence-corrected chi connectivity index (χ4v) is 5.14. The number of sulfone groups is 1. The zero-order valence-corrected chi connectivity index (χ0v) is 23.7. The molecule has 0 saturated heterocycles. The molecular weight excluding hydrogens is 587 g/mol. The van der Waals surface area contributed by atoms with E-state index < -0.39 is 40.0 Å². The molecule has 0 spiro atoms. The van der Waals surface area contributed by atoms with Crippen LogP contribution in [-0.2, 0) is 38.4 Å². The molecule has 0 bridgehead atoms. The lowest BCUT2D eigenvalue weighted by atomic mass is 10.3. The minimum absolute atomic E-state index is 0.00869. The first-order valence-corrected chi connectivity index (χ1v) is 13.7. The van der Waals surface area contributed by atoms with Crippen LogP contribution in [0.25, 0.3) is 0 Å². The summed E-state index contributed by atoms with van der Waals surface area (Å²) in [5, 5.41) is -0.145. The van der Waals surface area contributed by atoms with E-state index in [1.807, 2.05) is 0 Å².